The van der Waals surface area contributed by atoms with Crippen LogP contribution in [0.4, 0.5) is 0 Å². The van der Waals surface area contributed by atoms with E-state index in [4.69, 9.17) is 9.63 Å². The highest BCUT2D eigenvalue weighted by atomic mass is 16.5. The first-order chi connectivity index (χ1) is 8.95. The first-order valence-corrected chi connectivity index (χ1v) is 6.40. The van der Waals surface area contributed by atoms with Crippen molar-refractivity contribution in [3.8, 4) is 0 Å². The molecule has 0 aromatic carbocycles. The Morgan fingerprint density at radius 3 is 2.95 bits per heavy atom. The van der Waals surface area contributed by atoms with Crippen LogP contribution in [0.15, 0.2) is 10.6 Å². The van der Waals surface area contributed by atoms with E-state index in [-0.39, 0.29) is 18.9 Å². The van der Waals surface area contributed by atoms with Crippen molar-refractivity contribution in [1.82, 2.24) is 10.1 Å². The van der Waals surface area contributed by atoms with Crippen LogP contribution in [-0.4, -0.2) is 33.6 Å². The summed E-state index contributed by atoms with van der Waals surface area (Å²) in [5, 5.41) is 12.9. The molecule has 0 bridgehead atoms. The van der Waals surface area contributed by atoms with Crippen LogP contribution in [0, 0.1) is 11.8 Å². The molecular weight excluding hydrogens is 248 g/mol. The summed E-state index contributed by atoms with van der Waals surface area (Å²) < 4.78 is 5.18. The Labute approximate surface area is 111 Å². The number of rotatable bonds is 5. The number of amides is 1. The Kier molecular flexibility index (Phi) is 3.87. The second-order valence-corrected chi connectivity index (χ2v) is 5.40. The van der Waals surface area contributed by atoms with Crippen molar-refractivity contribution in [3.05, 3.63) is 17.5 Å². The van der Waals surface area contributed by atoms with Gasteiger partial charge in [-0.3, -0.25) is 9.59 Å². The van der Waals surface area contributed by atoms with Gasteiger partial charge in [-0.25, -0.2) is 0 Å². The number of aromatic nitrogens is 1. The summed E-state index contributed by atoms with van der Waals surface area (Å²) in [6.45, 7) is 4.73. The van der Waals surface area contributed by atoms with E-state index >= 15 is 0 Å². The fraction of sp³-hybridized carbons (Fsp3) is 0.615. The number of carbonyl (C=O) groups excluding carboxylic acids is 1. The lowest BCUT2D eigenvalue weighted by Crippen LogP contribution is -2.25. The summed E-state index contributed by atoms with van der Waals surface area (Å²) in [4.78, 5) is 24.0. The van der Waals surface area contributed by atoms with Gasteiger partial charge >= 0.3 is 5.97 Å². The van der Waals surface area contributed by atoms with Crippen molar-refractivity contribution in [3.63, 3.8) is 0 Å². The second-order valence-electron chi connectivity index (χ2n) is 5.40. The van der Waals surface area contributed by atoms with Crippen molar-refractivity contribution in [1.29, 1.82) is 0 Å². The summed E-state index contributed by atoms with van der Waals surface area (Å²) in [6.07, 6.45) is 0.900. The van der Waals surface area contributed by atoms with Gasteiger partial charge in [-0.2, -0.15) is 0 Å². The second kappa shape index (κ2) is 5.42. The van der Waals surface area contributed by atoms with E-state index in [1.54, 1.807) is 0 Å². The first-order valence-electron chi connectivity index (χ1n) is 6.40. The van der Waals surface area contributed by atoms with E-state index in [1.807, 2.05) is 6.07 Å². The number of carboxylic acid groups (broad SMARTS) is 1. The lowest BCUT2D eigenvalue weighted by atomic mass is 10.1. The minimum Gasteiger partial charge on any atom is -0.481 e. The summed E-state index contributed by atoms with van der Waals surface area (Å²) in [5.41, 5.74) is 0.867. The van der Waals surface area contributed by atoms with E-state index in [0.717, 1.165) is 12.1 Å². The van der Waals surface area contributed by atoms with E-state index in [2.05, 4.69) is 19.0 Å². The third-order valence-electron chi connectivity index (χ3n) is 3.14. The molecule has 104 valence electrons. The van der Waals surface area contributed by atoms with Crippen LogP contribution in [0.25, 0.3) is 0 Å². The molecule has 0 radical (unpaired) electrons. The smallest absolute Gasteiger partial charge is 0.308 e. The van der Waals surface area contributed by atoms with Crippen LogP contribution in [-0.2, 0) is 22.6 Å². The van der Waals surface area contributed by atoms with Gasteiger partial charge in [0.05, 0.1) is 18.2 Å². The lowest BCUT2D eigenvalue weighted by molar-refractivity contribution is -0.141. The van der Waals surface area contributed by atoms with Crippen LogP contribution in [0.5, 0.6) is 0 Å². The van der Waals surface area contributed by atoms with Crippen molar-refractivity contribution in [2.75, 3.05) is 6.54 Å². The number of likely N-dealkylation sites (tertiary alicyclic amines) is 1. The van der Waals surface area contributed by atoms with Crippen LogP contribution in [0.3, 0.4) is 0 Å². The predicted octanol–water partition coefficient (Wildman–Crippen LogP) is 1.31. The third kappa shape index (κ3) is 3.33. The molecule has 1 saturated heterocycles. The standard InChI is InChI=1S/C13H18N2O4/c1-8(2)3-10-5-11(19-14-10)7-15-6-9(13(17)18)4-12(15)16/h5,8-9H,3-4,6-7H2,1-2H3,(H,17,18)/t9-/m1/s1. The Balaban J connectivity index is 1.96. The molecule has 0 aliphatic carbocycles. The fourth-order valence-electron chi connectivity index (χ4n) is 2.22. The molecule has 2 heterocycles. The Hall–Kier alpha value is -1.85. The van der Waals surface area contributed by atoms with Crippen molar-refractivity contribution < 1.29 is 19.2 Å². The van der Waals surface area contributed by atoms with Crippen LogP contribution in [0.2, 0.25) is 0 Å². The van der Waals surface area contributed by atoms with Gasteiger partial charge in [0, 0.05) is 19.0 Å². The summed E-state index contributed by atoms with van der Waals surface area (Å²) in [6, 6.07) is 1.83. The molecule has 19 heavy (non-hydrogen) atoms. The molecule has 6 heteroatoms. The summed E-state index contributed by atoms with van der Waals surface area (Å²) in [7, 11) is 0. The zero-order valence-electron chi connectivity index (χ0n) is 11.1. The fourth-order valence-corrected chi connectivity index (χ4v) is 2.22. The van der Waals surface area contributed by atoms with E-state index in [0.29, 0.717) is 18.2 Å². The first kappa shape index (κ1) is 13.6. The van der Waals surface area contributed by atoms with Gasteiger partial charge in [0.1, 0.15) is 0 Å². The van der Waals surface area contributed by atoms with Gasteiger partial charge < -0.3 is 14.5 Å². The molecule has 1 aromatic heterocycles. The van der Waals surface area contributed by atoms with Gasteiger partial charge in [0.2, 0.25) is 5.91 Å². The molecule has 6 nitrogen and oxygen atoms in total. The topological polar surface area (TPSA) is 83.6 Å². The normalized spacial score (nSPS) is 19.4. The maximum Gasteiger partial charge on any atom is 0.308 e. The van der Waals surface area contributed by atoms with Crippen LogP contribution >= 0.6 is 0 Å². The van der Waals surface area contributed by atoms with Crippen LogP contribution in [0.1, 0.15) is 31.7 Å². The highest BCUT2D eigenvalue weighted by molar-refractivity contribution is 5.85. The molecule has 1 aliphatic heterocycles. The van der Waals surface area contributed by atoms with Crippen LogP contribution < -0.4 is 0 Å². The Bertz CT molecular complexity index is 481. The van der Waals surface area contributed by atoms with Crippen molar-refractivity contribution >= 4 is 11.9 Å². The maximum atomic E-state index is 11.7. The van der Waals surface area contributed by atoms with Crippen molar-refractivity contribution in [2.24, 2.45) is 11.8 Å². The minimum atomic E-state index is -0.922. The summed E-state index contributed by atoms with van der Waals surface area (Å²) >= 11 is 0. The van der Waals surface area contributed by atoms with E-state index < -0.39 is 11.9 Å². The molecule has 1 N–H and O–H groups in total. The molecule has 0 unspecified atom stereocenters. The molecule has 1 aromatic rings. The van der Waals surface area contributed by atoms with Gasteiger partial charge in [0.25, 0.3) is 0 Å². The highest BCUT2D eigenvalue weighted by Crippen LogP contribution is 2.21. The minimum absolute atomic E-state index is 0.0717. The molecule has 1 atom stereocenters. The lowest BCUT2D eigenvalue weighted by Gasteiger charge is -2.13. The third-order valence-corrected chi connectivity index (χ3v) is 3.14. The molecule has 1 aliphatic rings. The largest absolute Gasteiger partial charge is 0.481 e. The quantitative estimate of drug-likeness (QED) is 0.868. The summed E-state index contributed by atoms with van der Waals surface area (Å²) in [5.74, 6) is -0.577. The van der Waals surface area contributed by atoms with Gasteiger partial charge in [-0.15, -0.1) is 0 Å². The number of carbonyl (C=O) groups is 2. The number of hydrogen-bond donors (Lipinski definition) is 1. The number of nitrogens with zero attached hydrogens (tertiary/aromatic N) is 2. The molecular formula is C13H18N2O4. The number of aliphatic carboxylic acids is 1. The molecule has 1 fully saturated rings. The molecule has 0 saturated carbocycles. The molecule has 2 rings (SSSR count). The number of hydrogen-bond acceptors (Lipinski definition) is 4. The molecule has 0 spiro atoms. The van der Waals surface area contributed by atoms with Gasteiger partial charge in [-0.1, -0.05) is 19.0 Å². The maximum absolute atomic E-state index is 11.7. The van der Waals surface area contributed by atoms with Gasteiger partial charge in [0.15, 0.2) is 5.76 Å². The van der Waals surface area contributed by atoms with Crippen molar-refractivity contribution in [2.45, 2.75) is 33.2 Å². The zero-order valence-corrected chi connectivity index (χ0v) is 11.1. The van der Waals surface area contributed by atoms with E-state index in [9.17, 15) is 9.59 Å². The SMILES string of the molecule is CC(C)Cc1cc(CN2C[C@H](C(=O)O)CC2=O)on1. The predicted molar refractivity (Wildman–Crippen MR) is 66.2 cm³/mol. The average Bonchev–Trinajstić information content (AvgIpc) is 2.87. The monoisotopic (exact) mass is 266 g/mol. The number of carboxylic acids is 1. The Morgan fingerprint density at radius 2 is 2.37 bits per heavy atom. The Morgan fingerprint density at radius 1 is 1.63 bits per heavy atom. The highest BCUT2D eigenvalue weighted by Gasteiger charge is 2.34. The van der Waals surface area contributed by atoms with E-state index in [1.165, 1.54) is 4.90 Å². The zero-order chi connectivity index (χ0) is 14.0. The average molecular weight is 266 g/mol. The molecule has 1 amide bonds. The van der Waals surface area contributed by atoms with Gasteiger partial charge in [-0.05, 0) is 12.3 Å².